The van der Waals surface area contributed by atoms with Crippen LogP contribution in [-0.2, 0) is 13.1 Å². The summed E-state index contributed by atoms with van der Waals surface area (Å²) in [5, 5.41) is 13.3. The van der Waals surface area contributed by atoms with Crippen molar-refractivity contribution in [1.29, 1.82) is 0 Å². The van der Waals surface area contributed by atoms with E-state index in [0.717, 1.165) is 9.08 Å². The molecular formula is C14H12F3N7O3. The summed E-state index contributed by atoms with van der Waals surface area (Å²) >= 11 is 0. The number of furan rings is 1. The van der Waals surface area contributed by atoms with Crippen LogP contribution in [-0.4, -0.2) is 46.6 Å². The molecule has 10 nitrogen and oxygen atoms in total. The van der Waals surface area contributed by atoms with Gasteiger partial charge < -0.3 is 15.3 Å². The van der Waals surface area contributed by atoms with E-state index in [1.807, 2.05) is 0 Å². The van der Waals surface area contributed by atoms with E-state index in [0.29, 0.717) is 4.57 Å². The lowest BCUT2D eigenvalue weighted by atomic mass is 10.4. The third-order valence-electron chi connectivity index (χ3n) is 3.86. The van der Waals surface area contributed by atoms with Crippen molar-refractivity contribution in [3.8, 4) is 11.6 Å². The largest absolute Gasteiger partial charge is 0.461 e. The Bertz CT molecular complexity index is 1190. The molecule has 0 atom stereocenters. The lowest BCUT2D eigenvalue weighted by Crippen LogP contribution is -2.30. The van der Waals surface area contributed by atoms with Gasteiger partial charge in [-0.1, -0.05) is 0 Å². The van der Waals surface area contributed by atoms with Crippen molar-refractivity contribution in [3.05, 3.63) is 28.9 Å². The average Bonchev–Trinajstić information content (AvgIpc) is 3.29. The number of rotatable bonds is 4. The van der Waals surface area contributed by atoms with Gasteiger partial charge in [0, 0.05) is 0 Å². The number of fused-ring (bicyclic) bond motifs is 3. The molecule has 27 heavy (non-hydrogen) atoms. The van der Waals surface area contributed by atoms with Gasteiger partial charge in [0.2, 0.25) is 11.8 Å². The predicted octanol–water partition coefficient (Wildman–Crippen LogP) is 0.637. The summed E-state index contributed by atoms with van der Waals surface area (Å²) in [6.45, 7) is -2.27. The molecule has 0 aliphatic heterocycles. The normalized spacial score (nSPS) is 12.4. The van der Waals surface area contributed by atoms with E-state index in [4.69, 9.17) is 15.3 Å². The van der Waals surface area contributed by atoms with Crippen LogP contribution in [0.5, 0.6) is 0 Å². The van der Waals surface area contributed by atoms with E-state index in [-0.39, 0.29) is 40.9 Å². The number of nitrogens with zero attached hydrogens (tertiary/aromatic N) is 6. The number of aromatic nitrogens is 6. The monoisotopic (exact) mass is 383 g/mol. The fourth-order valence-electron chi connectivity index (χ4n) is 2.83. The number of imidazole rings is 1. The molecular weight excluding hydrogens is 371 g/mol. The molecule has 0 spiro atoms. The second-order valence-electron chi connectivity index (χ2n) is 5.65. The van der Waals surface area contributed by atoms with Crippen LogP contribution in [0.1, 0.15) is 0 Å². The summed E-state index contributed by atoms with van der Waals surface area (Å²) in [4.78, 5) is 20.7. The van der Waals surface area contributed by atoms with E-state index in [1.165, 1.54) is 6.26 Å². The van der Waals surface area contributed by atoms with Gasteiger partial charge >= 0.3 is 11.9 Å². The molecule has 0 amide bonds. The highest BCUT2D eigenvalue weighted by atomic mass is 19.4. The minimum Gasteiger partial charge on any atom is -0.461 e. The highest BCUT2D eigenvalue weighted by Gasteiger charge is 2.32. The lowest BCUT2D eigenvalue weighted by molar-refractivity contribution is -0.140. The SMILES string of the molecule is Nc1nc2c(c3nc(-c4ccco4)nn13)n(CC(F)(F)F)c(=O)n2CCO. The second-order valence-corrected chi connectivity index (χ2v) is 5.65. The number of aliphatic hydroxyl groups is 1. The first kappa shape index (κ1) is 17.1. The Kier molecular flexibility index (Phi) is 3.69. The van der Waals surface area contributed by atoms with Gasteiger partial charge in [0.25, 0.3) is 0 Å². The molecule has 0 unspecified atom stereocenters. The minimum atomic E-state index is -4.66. The summed E-state index contributed by atoms with van der Waals surface area (Å²) in [5.41, 5.74) is 4.47. The molecule has 3 N–H and O–H groups in total. The first-order valence-electron chi connectivity index (χ1n) is 7.67. The van der Waals surface area contributed by atoms with Crippen molar-refractivity contribution in [2.75, 3.05) is 12.3 Å². The molecule has 0 fully saturated rings. The first-order chi connectivity index (χ1) is 12.8. The van der Waals surface area contributed by atoms with Crippen LogP contribution in [0.2, 0.25) is 0 Å². The topological polar surface area (TPSA) is 129 Å². The Morgan fingerprint density at radius 1 is 1.22 bits per heavy atom. The van der Waals surface area contributed by atoms with Crippen molar-refractivity contribution in [1.82, 2.24) is 28.7 Å². The van der Waals surface area contributed by atoms with Crippen LogP contribution in [0.25, 0.3) is 28.4 Å². The molecule has 4 aromatic heterocycles. The quantitative estimate of drug-likeness (QED) is 0.529. The number of halogens is 3. The number of anilines is 1. The van der Waals surface area contributed by atoms with Crippen molar-refractivity contribution >= 4 is 22.8 Å². The van der Waals surface area contributed by atoms with Gasteiger partial charge in [0.15, 0.2) is 17.1 Å². The highest BCUT2D eigenvalue weighted by molar-refractivity contribution is 5.88. The molecule has 0 saturated heterocycles. The van der Waals surface area contributed by atoms with Crippen LogP contribution >= 0.6 is 0 Å². The summed E-state index contributed by atoms with van der Waals surface area (Å²) in [5.74, 6) is 0.159. The van der Waals surface area contributed by atoms with E-state index in [2.05, 4.69) is 15.1 Å². The number of nitrogens with two attached hydrogens (primary N) is 1. The maximum Gasteiger partial charge on any atom is 0.406 e. The zero-order chi connectivity index (χ0) is 19.3. The summed E-state index contributed by atoms with van der Waals surface area (Å²) in [6.07, 6.45) is -3.28. The molecule has 4 aromatic rings. The van der Waals surface area contributed by atoms with Gasteiger partial charge in [0.1, 0.15) is 12.1 Å². The Labute approximate surface area is 147 Å². The Hall–Kier alpha value is -3.35. The van der Waals surface area contributed by atoms with Crippen molar-refractivity contribution in [3.63, 3.8) is 0 Å². The van der Waals surface area contributed by atoms with Crippen LogP contribution < -0.4 is 11.4 Å². The Morgan fingerprint density at radius 2 is 2.00 bits per heavy atom. The summed E-state index contributed by atoms with van der Waals surface area (Å²) in [6, 6.07) is 3.16. The van der Waals surface area contributed by atoms with Gasteiger partial charge in [-0.2, -0.15) is 22.7 Å². The molecule has 0 radical (unpaired) electrons. The number of nitrogen functional groups attached to an aromatic ring is 1. The van der Waals surface area contributed by atoms with Gasteiger partial charge in [-0.15, -0.1) is 5.10 Å². The third-order valence-corrected chi connectivity index (χ3v) is 3.86. The summed E-state index contributed by atoms with van der Waals surface area (Å²) < 4.78 is 46.7. The molecule has 142 valence electrons. The summed E-state index contributed by atoms with van der Waals surface area (Å²) in [7, 11) is 0. The lowest BCUT2D eigenvalue weighted by Gasteiger charge is -2.07. The molecule has 0 saturated carbocycles. The maximum absolute atomic E-state index is 13.0. The first-order valence-corrected chi connectivity index (χ1v) is 7.67. The molecule has 4 heterocycles. The van der Waals surface area contributed by atoms with Crippen molar-refractivity contribution in [2.24, 2.45) is 0 Å². The minimum absolute atomic E-state index is 0.0712. The van der Waals surface area contributed by atoms with Crippen molar-refractivity contribution < 1.29 is 22.7 Å². The smallest absolute Gasteiger partial charge is 0.406 e. The van der Waals surface area contributed by atoms with Crippen molar-refractivity contribution in [2.45, 2.75) is 19.3 Å². The average molecular weight is 383 g/mol. The molecule has 0 bridgehead atoms. The fraction of sp³-hybridized carbons (Fsp3) is 0.286. The molecule has 4 rings (SSSR count). The number of aliphatic hydroxyl groups excluding tert-OH is 1. The molecule has 0 aromatic carbocycles. The fourth-order valence-corrected chi connectivity index (χ4v) is 2.83. The standard InChI is InChI=1S/C14H12F3N7O3/c15-14(16,17)6-23-8-10(22(3-4-25)13(23)26)20-12(18)24-11(8)19-9(21-24)7-2-1-5-27-7/h1-2,5,25H,3-4,6H2,(H2,18,20). The number of hydrogen-bond acceptors (Lipinski definition) is 7. The molecule has 13 heteroatoms. The van der Waals surface area contributed by atoms with E-state index in [1.54, 1.807) is 12.1 Å². The van der Waals surface area contributed by atoms with Crippen LogP contribution in [0, 0.1) is 0 Å². The van der Waals surface area contributed by atoms with Gasteiger partial charge in [-0.05, 0) is 12.1 Å². The van der Waals surface area contributed by atoms with Gasteiger partial charge in [-0.25, -0.2) is 9.78 Å². The zero-order valence-corrected chi connectivity index (χ0v) is 13.5. The van der Waals surface area contributed by atoms with E-state index in [9.17, 15) is 18.0 Å². The second kappa shape index (κ2) is 5.84. The Morgan fingerprint density at radius 3 is 2.63 bits per heavy atom. The van der Waals surface area contributed by atoms with Crippen LogP contribution in [0.4, 0.5) is 19.1 Å². The predicted molar refractivity (Wildman–Crippen MR) is 85.8 cm³/mol. The highest BCUT2D eigenvalue weighted by Crippen LogP contribution is 2.25. The van der Waals surface area contributed by atoms with Gasteiger partial charge in [-0.3, -0.25) is 9.13 Å². The maximum atomic E-state index is 13.0. The Balaban J connectivity index is 2.10. The van der Waals surface area contributed by atoms with Crippen LogP contribution in [0.15, 0.2) is 27.6 Å². The third kappa shape index (κ3) is 2.71. The van der Waals surface area contributed by atoms with E-state index >= 15 is 0 Å². The zero-order valence-electron chi connectivity index (χ0n) is 13.5. The van der Waals surface area contributed by atoms with Gasteiger partial charge in [0.05, 0.1) is 19.4 Å². The number of alkyl halides is 3. The molecule has 0 aliphatic carbocycles. The van der Waals surface area contributed by atoms with Crippen LogP contribution in [0.3, 0.4) is 0 Å². The van der Waals surface area contributed by atoms with E-state index < -0.39 is 25.0 Å². The number of hydrogen-bond donors (Lipinski definition) is 2. The molecule has 0 aliphatic rings.